The monoisotopic (exact) mass is 493 g/mol. The molecule has 0 radical (unpaired) electrons. The van der Waals surface area contributed by atoms with Gasteiger partial charge in [0.15, 0.2) is 23.4 Å². The Morgan fingerprint density at radius 3 is 2.16 bits per heavy atom. The van der Waals surface area contributed by atoms with Crippen molar-refractivity contribution in [1.82, 2.24) is 4.98 Å². The molecule has 1 aromatic carbocycles. The topological polar surface area (TPSA) is 94.7 Å². The van der Waals surface area contributed by atoms with Crippen LogP contribution in [0.15, 0.2) is 16.6 Å². The van der Waals surface area contributed by atoms with Gasteiger partial charge in [0.05, 0.1) is 25.3 Å². The van der Waals surface area contributed by atoms with Crippen LogP contribution in [-0.4, -0.2) is 41.8 Å². The number of rotatable bonds is 10. The third-order valence-electron chi connectivity index (χ3n) is 4.76. The number of benzene rings is 1. The maximum atomic E-state index is 12.8. The normalized spacial score (nSPS) is 11.7. The highest BCUT2D eigenvalue weighted by Gasteiger charge is 2.26. The molecule has 1 atom stereocenters. The summed E-state index contributed by atoms with van der Waals surface area (Å²) >= 11 is 3.45. The lowest BCUT2D eigenvalue weighted by molar-refractivity contribution is -0.145. The quantitative estimate of drug-likeness (QED) is 0.379. The molecule has 7 nitrogen and oxygen atoms in total. The molecule has 168 valence electrons. The number of carbonyl (C=O) groups is 3. The average Bonchev–Trinajstić information content (AvgIpc) is 2.99. The second kappa shape index (κ2) is 10.6. The minimum Gasteiger partial charge on any atom is -0.490 e. The summed E-state index contributed by atoms with van der Waals surface area (Å²) in [6.45, 7) is 11.1. The van der Waals surface area contributed by atoms with Crippen molar-refractivity contribution in [3.8, 4) is 11.5 Å². The summed E-state index contributed by atoms with van der Waals surface area (Å²) in [6.07, 6.45) is -1.05. The van der Waals surface area contributed by atoms with Crippen molar-refractivity contribution < 1.29 is 28.6 Å². The number of ether oxygens (including phenoxy) is 3. The first-order valence-electron chi connectivity index (χ1n) is 10.1. The Morgan fingerprint density at radius 2 is 1.65 bits per heavy atom. The maximum absolute atomic E-state index is 12.8. The Balaban J connectivity index is 2.15. The highest BCUT2D eigenvalue weighted by molar-refractivity contribution is 9.10. The summed E-state index contributed by atoms with van der Waals surface area (Å²) in [5.74, 6) is 0.0490. The second-order valence-electron chi connectivity index (χ2n) is 7.11. The van der Waals surface area contributed by atoms with Gasteiger partial charge in [0.2, 0.25) is 5.78 Å². The number of aryl methyl sites for hydroxylation is 1. The van der Waals surface area contributed by atoms with Gasteiger partial charge in [0, 0.05) is 15.7 Å². The summed E-state index contributed by atoms with van der Waals surface area (Å²) in [7, 11) is 0. The predicted molar refractivity (Wildman–Crippen MR) is 120 cm³/mol. The maximum Gasteiger partial charge on any atom is 0.311 e. The van der Waals surface area contributed by atoms with Crippen LogP contribution in [0, 0.1) is 13.8 Å². The number of H-pyrrole nitrogens is 1. The van der Waals surface area contributed by atoms with Crippen LogP contribution < -0.4 is 9.47 Å². The SMILES string of the molecule is CCOc1cc(Br)c(CC(=O)OC(C)C(=O)c2[nH]c(C)c(C(C)=O)c2C)cc1OCC. The Hall–Kier alpha value is -2.61. The average molecular weight is 494 g/mol. The number of carbonyl (C=O) groups excluding carboxylic acids is 3. The smallest absolute Gasteiger partial charge is 0.311 e. The zero-order valence-corrected chi connectivity index (χ0v) is 20.3. The Labute approximate surface area is 190 Å². The number of Topliss-reactive ketones (excluding diaryl/α,β-unsaturated/α-hetero) is 2. The highest BCUT2D eigenvalue weighted by atomic mass is 79.9. The van der Waals surface area contributed by atoms with Crippen LogP contribution >= 0.6 is 15.9 Å². The summed E-state index contributed by atoms with van der Waals surface area (Å²) in [6, 6.07) is 3.48. The zero-order chi connectivity index (χ0) is 23.3. The molecule has 0 spiro atoms. The summed E-state index contributed by atoms with van der Waals surface area (Å²) in [4.78, 5) is 40.1. The van der Waals surface area contributed by atoms with E-state index < -0.39 is 12.1 Å². The van der Waals surface area contributed by atoms with E-state index in [0.717, 1.165) is 0 Å². The van der Waals surface area contributed by atoms with E-state index in [0.29, 0.717) is 51.6 Å². The highest BCUT2D eigenvalue weighted by Crippen LogP contribution is 2.34. The molecule has 0 fully saturated rings. The van der Waals surface area contributed by atoms with Gasteiger partial charge in [0.25, 0.3) is 0 Å². The van der Waals surface area contributed by atoms with Crippen LogP contribution in [0.25, 0.3) is 0 Å². The van der Waals surface area contributed by atoms with Gasteiger partial charge in [-0.3, -0.25) is 14.4 Å². The number of hydrogen-bond acceptors (Lipinski definition) is 6. The molecule has 1 heterocycles. The van der Waals surface area contributed by atoms with Gasteiger partial charge >= 0.3 is 5.97 Å². The van der Waals surface area contributed by atoms with Crippen LogP contribution in [0.2, 0.25) is 0 Å². The number of ketones is 2. The zero-order valence-electron chi connectivity index (χ0n) is 18.7. The van der Waals surface area contributed by atoms with Gasteiger partial charge in [-0.25, -0.2) is 0 Å². The van der Waals surface area contributed by atoms with Crippen molar-refractivity contribution in [3.63, 3.8) is 0 Å². The van der Waals surface area contributed by atoms with Crippen LogP contribution in [0.1, 0.15) is 65.4 Å². The molecule has 0 amide bonds. The van der Waals surface area contributed by atoms with E-state index in [2.05, 4.69) is 20.9 Å². The molecule has 8 heteroatoms. The lowest BCUT2D eigenvalue weighted by Gasteiger charge is -2.15. The molecule has 0 bridgehead atoms. The number of aromatic nitrogens is 1. The Morgan fingerprint density at radius 1 is 1.06 bits per heavy atom. The van der Waals surface area contributed by atoms with E-state index in [1.165, 1.54) is 13.8 Å². The van der Waals surface area contributed by atoms with Gasteiger partial charge in [-0.15, -0.1) is 0 Å². The molecule has 2 rings (SSSR count). The fraction of sp³-hybridized carbons (Fsp3) is 0.435. The molecular formula is C23H28BrNO6. The van der Waals surface area contributed by atoms with Crippen molar-refractivity contribution in [3.05, 3.63) is 44.7 Å². The number of esters is 1. The minimum atomic E-state index is -1.00. The second-order valence-corrected chi connectivity index (χ2v) is 7.97. The molecule has 1 unspecified atom stereocenters. The summed E-state index contributed by atoms with van der Waals surface area (Å²) in [5.41, 5.74) is 2.61. The van der Waals surface area contributed by atoms with Crippen molar-refractivity contribution in [2.75, 3.05) is 13.2 Å². The van der Waals surface area contributed by atoms with Crippen LogP contribution in [0.5, 0.6) is 11.5 Å². The molecule has 1 N–H and O–H groups in total. The molecule has 1 aromatic heterocycles. The fourth-order valence-electron chi connectivity index (χ4n) is 3.42. The first-order chi connectivity index (χ1) is 14.6. The first-order valence-corrected chi connectivity index (χ1v) is 10.9. The lowest BCUT2D eigenvalue weighted by atomic mass is 10.0. The van der Waals surface area contributed by atoms with E-state index in [9.17, 15) is 14.4 Å². The third-order valence-corrected chi connectivity index (χ3v) is 5.50. The van der Waals surface area contributed by atoms with Gasteiger partial charge in [-0.05, 0) is 64.8 Å². The molecule has 2 aromatic rings. The van der Waals surface area contributed by atoms with Crippen LogP contribution in [-0.2, 0) is 16.0 Å². The molecule has 0 aliphatic heterocycles. The lowest BCUT2D eigenvalue weighted by Crippen LogP contribution is -2.26. The van der Waals surface area contributed by atoms with Gasteiger partial charge in [-0.1, -0.05) is 15.9 Å². The molecular weight excluding hydrogens is 466 g/mol. The molecule has 0 saturated heterocycles. The van der Waals surface area contributed by atoms with Crippen molar-refractivity contribution in [1.29, 1.82) is 0 Å². The van der Waals surface area contributed by atoms with E-state index in [4.69, 9.17) is 14.2 Å². The van der Waals surface area contributed by atoms with E-state index in [-0.39, 0.29) is 23.7 Å². The van der Waals surface area contributed by atoms with E-state index in [1.807, 2.05) is 13.8 Å². The van der Waals surface area contributed by atoms with Crippen molar-refractivity contribution in [2.45, 2.75) is 54.1 Å². The summed E-state index contributed by atoms with van der Waals surface area (Å²) in [5, 5.41) is 0. The molecule has 0 aliphatic carbocycles. The number of halogens is 1. The standard InChI is InChI=1S/C23H28BrNO6/c1-7-29-18-9-16(17(24)11-19(18)30-8-2)10-20(27)31-15(6)23(28)22-12(3)21(14(5)26)13(4)25-22/h9,11,15,25H,7-8,10H2,1-6H3. The van der Waals surface area contributed by atoms with Crippen LogP contribution in [0.3, 0.4) is 0 Å². The first kappa shape index (κ1) is 24.7. The Kier molecular flexibility index (Phi) is 8.44. The van der Waals surface area contributed by atoms with Gasteiger partial charge in [-0.2, -0.15) is 0 Å². The molecule has 31 heavy (non-hydrogen) atoms. The number of nitrogens with one attached hydrogen (secondary N) is 1. The largest absolute Gasteiger partial charge is 0.490 e. The van der Waals surface area contributed by atoms with Crippen LogP contribution in [0.4, 0.5) is 0 Å². The third kappa shape index (κ3) is 5.76. The summed E-state index contributed by atoms with van der Waals surface area (Å²) < 4.78 is 17.2. The van der Waals surface area contributed by atoms with Crippen molar-refractivity contribution in [2.24, 2.45) is 0 Å². The predicted octanol–water partition coefficient (Wildman–Crippen LogP) is 4.75. The molecule has 0 aliphatic rings. The number of aromatic amines is 1. The van der Waals surface area contributed by atoms with E-state index >= 15 is 0 Å². The number of hydrogen-bond donors (Lipinski definition) is 1. The fourth-order valence-corrected chi connectivity index (χ4v) is 3.89. The van der Waals surface area contributed by atoms with Gasteiger partial charge < -0.3 is 19.2 Å². The van der Waals surface area contributed by atoms with E-state index in [1.54, 1.807) is 26.0 Å². The van der Waals surface area contributed by atoms with Gasteiger partial charge in [0.1, 0.15) is 0 Å². The van der Waals surface area contributed by atoms with Crippen molar-refractivity contribution >= 4 is 33.5 Å². The molecule has 0 saturated carbocycles. The minimum absolute atomic E-state index is 0.0495. The Bertz CT molecular complexity index is 994.